The minimum atomic E-state index is -0.495. The average molecular weight is 333 g/mol. The van der Waals surface area contributed by atoms with Crippen LogP contribution in [0.15, 0.2) is 24.3 Å². The molecule has 2 aromatic rings. The highest BCUT2D eigenvalue weighted by Gasteiger charge is 2.26. The summed E-state index contributed by atoms with van der Waals surface area (Å²) in [5, 5.41) is 6.80. The number of aromatic amines is 1. The van der Waals surface area contributed by atoms with E-state index in [0.29, 0.717) is 31.6 Å². The van der Waals surface area contributed by atoms with Crippen LogP contribution in [0.25, 0.3) is 0 Å². The van der Waals surface area contributed by atoms with Crippen LogP contribution in [0.4, 0.5) is 8.78 Å². The third-order valence-corrected chi connectivity index (χ3v) is 4.60. The fourth-order valence-electron chi connectivity index (χ4n) is 3.29. The van der Waals surface area contributed by atoms with Crippen molar-refractivity contribution in [3.05, 3.63) is 52.9 Å². The van der Waals surface area contributed by atoms with Crippen molar-refractivity contribution in [1.82, 2.24) is 15.1 Å². The van der Waals surface area contributed by atoms with Crippen molar-refractivity contribution in [3.63, 3.8) is 0 Å². The summed E-state index contributed by atoms with van der Waals surface area (Å²) in [6.07, 6.45) is 2.90. The highest BCUT2D eigenvalue weighted by atomic mass is 19.1. The highest BCUT2D eigenvalue weighted by molar-refractivity contribution is 5.92. The third-order valence-electron chi connectivity index (χ3n) is 4.60. The van der Waals surface area contributed by atoms with Crippen molar-refractivity contribution in [2.24, 2.45) is 5.92 Å². The Labute approximate surface area is 139 Å². The quantitative estimate of drug-likeness (QED) is 0.931. The van der Waals surface area contributed by atoms with Gasteiger partial charge in [0.2, 0.25) is 0 Å². The third kappa shape index (κ3) is 3.63. The van der Waals surface area contributed by atoms with Crippen LogP contribution < -0.4 is 0 Å². The van der Waals surface area contributed by atoms with Gasteiger partial charge in [-0.3, -0.25) is 9.89 Å². The molecule has 128 valence electrons. The molecule has 1 atom stereocenters. The largest absolute Gasteiger partial charge is 0.337 e. The van der Waals surface area contributed by atoms with Gasteiger partial charge in [-0.15, -0.1) is 0 Å². The van der Waals surface area contributed by atoms with E-state index in [9.17, 15) is 13.6 Å². The summed E-state index contributed by atoms with van der Waals surface area (Å²) in [6, 6.07) is 5.69. The van der Waals surface area contributed by atoms with Crippen LogP contribution in [0.3, 0.4) is 0 Å². The van der Waals surface area contributed by atoms with E-state index in [4.69, 9.17) is 0 Å². The molecular formula is C18H21F2N3O. The minimum absolute atomic E-state index is 0.0823. The number of halogens is 2. The van der Waals surface area contributed by atoms with Crippen LogP contribution in [0.5, 0.6) is 0 Å². The van der Waals surface area contributed by atoms with Crippen molar-refractivity contribution in [1.29, 1.82) is 0 Å². The van der Waals surface area contributed by atoms with E-state index in [1.54, 1.807) is 11.0 Å². The van der Waals surface area contributed by atoms with Crippen LogP contribution in [0.1, 0.15) is 41.0 Å². The number of nitrogens with zero attached hydrogens (tertiary/aromatic N) is 2. The standard InChI is InChI=1S/C18H21F2N3O/c1-12-10-17(22-21-12)18(24)23-9-3-4-13(11-23)7-8-14-15(19)5-2-6-16(14)20/h2,5-6,10,13H,3-4,7-9,11H2,1H3,(H,21,22)/t13-/m0/s1. The Bertz CT molecular complexity index is 709. The lowest BCUT2D eigenvalue weighted by Crippen LogP contribution is -2.40. The summed E-state index contributed by atoms with van der Waals surface area (Å²) < 4.78 is 27.4. The van der Waals surface area contributed by atoms with Gasteiger partial charge in [0.1, 0.15) is 17.3 Å². The van der Waals surface area contributed by atoms with E-state index in [-0.39, 0.29) is 17.4 Å². The molecule has 1 fully saturated rings. The maximum absolute atomic E-state index is 13.7. The molecule has 2 heterocycles. The van der Waals surface area contributed by atoms with E-state index < -0.39 is 11.6 Å². The molecule has 0 spiro atoms. The zero-order chi connectivity index (χ0) is 17.1. The molecule has 1 aliphatic rings. The number of carbonyl (C=O) groups excluding carboxylic acids is 1. The maximum Gasteiger partial charge on any atom is 0.274 e. The molecule has 0 unspecified atom stereocenters. The second-order valence-corrected chi connectivity index (χ2v) is 6.43. The molecule has 1 amide bonds. The van der Waals surface area contributed by atoms with Crippen LogP contribution in [0, 0.1) is 24.5 Å². The molecule has 1 N–H and O–H groups in total. The Morgan fingerprint density at radius 2 is 2.12 bits per heavy atom. The van der Waals surface area contributed by atoms with Crippen LogP contribution >= 0.6 is 0 Å². The van der Waals surface area contributed by atoms with Gasteiger partial charge < -0.3 is 4.90 Å². The zero-order valence-electron chi connectivity index (χ0n) is 13.7. The topological polar surface area (TPSA) is 49.0 Å². The number of benzene rings is 1. The molecule has 1 aromatic carbocycles. The van der Waals surface area contributed by atoms with Crippen LogP contribution in [-0.2, 0) is 6.42 Å². The van der Waals surface area contributed by atoms with Gasteiger partial charge in [-0.2, -0.15) is 5.10 Å². The van der Waals surface area contributed by atoms with E-state index >= 15 is 0 Å². The Hall–Kier alpha value is -2.24. The Morgan fingerprint density at radius 1 is 1.38 bits per heavy atom. The van der Waals surface area contributed by atoms with Gasteiger partial charge in [-0.25, -0.2) is 8.78 Å². The van der Waals surface area contributed by atoms with Gasteiger partial charge in [0, 0.05) is 24.3 Å². The van der Waals surface area contributed by atoms with E-state index in [1.165, 1.54) is 18.2 Å². The smallest absolute Gasteiger partial charge is 0.274 e. The molecule has 0 aliphatic carbocycles. The summed E-state index contributed by atoms with van der Waals surface area (Å²) in [4.78, 5) is 14.3. The van der Waals surface area contributed by atoms with E-state index in [2.05, 4.69) is 10.2 Å². The van der Waals surface area contributed by atoms with Crippen molar-refractivity contribution in [2.45, 2.75) is 32.6 Å². The molecule has 0 bridgehead atoms. The number of likely N-dealkylation sites (tertiary alicyclic amines) is 1. The van der Waals surface area contributed by atoms with Gasteiger partial charge in [0.05, 0.1) is 0 Å². The summed E-state index contributed by atoms with van der Waals surface area (Å²) in [5.74, 6) is -0.820. The normalized spacial score (nSPS) is 18.0. The van der Waals surface area contributed by atoms with E-state index in [1.807, 2.05) is 6.92 Å². The number of hydrogen-bond acceptors (Lipinski definition) is 2. The lowest BCUT2D eigenvalue weighted by atomic mass is 9.91. The predicted molar refractivity (Wildman–Crippen MR) is 86.6 cm³/mol. The second kappa shape index (κ2) is 7.11. The van der Waals surface area contributed by atoms with Gasteiger partial charge >= 0.3 is 0 Å². The number of carbonyl (C=O) groups is 1. The van der Waals surface area contributed by atoms with Crippen molar-refractivity contribution in [3.8, 4) is 0 Å². The predicted octanol–water partition coefficient (Wildman–Crippen LogP) is 3.48. The zero-order valence-corrected chi connectivity index (χ0v) is 13.7. The average Bonchev–Trinajstić information content (AvgIpc) is 3.00. The number of amides is 1. The number of nitrogens with one attached hydrogen (secondary N) is 1. The lowest BCUT2D eigenvalue weighted by molar-refractivity contribution is 0.0662. The van der Waals surface area contributed by atoms with Gasteiger partial charge in [-0.05, 0) is 56.7 Å². The maximum atomic E-state index is 13.7. The summed E-state index contributed by atoms with van der Waals surface area (Å²) in [6.45, 7) is 3.17. The van der Waals surface area contributed by atoms with Gasteiger partial charge in [0.15, 0.2) is 0 Å². The number of rotatable bonds is 4. The first-order valence-electron chi connectivity index (χ1n) is 8.29. The van der Waals surface area contributed by atoms with Gasteiger partial charge in [-0.1, -0.05) is 6.07 Å². The number of aromatic nitrogens is 2. The molecule has 0 saturated carbocycles. The molecule has 6 heteroatoms. The fourth-order valence-corrected chi connectivity index (χ4v) is 3.29. The molecule has 1 saturated heterocycles. The Morgan fingerprint density at radius 3 is 2.79 bits per heavy atom. The summed E-state index contributed by atoms with van der Waals surface area (Å²) in [5.41, 5.74) is 1.42. The van der Waals surface area contributed by atoms with Crippen molar-refractivity contribution >= 4 is 5.91 Å². The minimum Gasteiger partial charge on any atom is -0.337 e. The molecule has 1 aromatic heterocycles. The first-order chi connectivity index (χ1) is 11.5. The first kappa shape index (κ1) is 16.6. The molecule has 3 rings (SSSR count). The Balaban J connectivity index is 1.60. The number of hydrogen-bond donors (Lipinski definition) is 1. The number of piperidine rings is 1. The Kier molecular flexibility index (Phi) is 4.92. The summed E-state index contributed by atoms with van der Waals surface area (Å²) >= 11 is 0. The van der Waals surface area contributed by atoms with Crippen LogP contribution in [0.2, 0.25) is 0 Å². The van der Waals surface area contributed by atoms with Crippen LogP contribution in [-0.4, -0.2) is 34.1 Å². The molecule has 4 nitrogen and oxygen atoms in total. The first-order valence-corrected chi connectivity index (χ1v) is 8.29. The molecular weight excluding hydrogens is 312 g/mol. The fraction of sp³-hybridized carbons (Fsp3) is 0.444. The number of H-pyrrole nitrogens is 1. The lowest BCUT2D eigenvalue weighted by Gasteiger charge is -2.32. The molecule has 0 radical (unpaired) electrons. The monoisotopic (exact) mass is 333 g/mol. The van der Waals surface area contributed by atoms with Gasteiger partial charge in [0.25, 0.3) is 5.91 Å². The second-order valence-electron chi connectivity index (χ2n) is 6.43. The molecule has 1 aliphatic heterocycles. The summed E-state index contributed by atoms with van der Waals surface area (Å²) in [7, 11) is 0. The number of aryl methyl sites for hydroxylation is 1. The SMILES string of the molecule is Cc1cc(C(=O)N2CCC[C@@H](CCc3c(F)cccc3F)C2)n[nH]1. The highest BCUT2D eigenvalue weighted by Crippen LogP contribution is 2.24. The van der Waals surface area contributed by atoms with Crippen molar-refractivity contribution in [2.75, 3.05) is 13.1 Å². The molecule has 24 heavy (non-hydrogen) atoms. The van der Waals surface area contributed by atoms with Crippen molar-refractivity contribution < 1.29 is 13.6 Å². The van der Waals surface area contributed by atoms with E-state index in [0.717, 1.165) is 18.5 Å².